The average molecular weight is 562 g/mol. The van der Waals surface area contributed by atoms with Gasteiger partial charge >= 0.3 is 0 Å². The number of nitrogens with zero attached hydrogens (tertiary/aromatic N) is 2. The number of hydrogen-bond acceptors (Lipinski definition) is 4. The summed E-state index contributed by atoms with van der Waals surface area (Å²) in [5.41, 5.74) is 19.2. The van der Waals surface area contributed by atoms with Gasteiger partial charge in [0.05, 0.1) is 6.42 Å². The Kier molecular flexibility index (Phi) is 9.05. The molecular formula is C36H43N5O. The van der Waals surface area contributed by atoms with E-state index in [1.165, 1.54) is 22.1 Å². The Balaban J connectivity index is 1.33. The number of amides is 1. The van der Waals surface area contributed by atoms with Crippen molar-refractivity contribution in [3.63, 3.8) is 0 Å². The number of piperazine rings is 1. The van der Waals surface area contributed by atoms with Gasteiger partial charge in [0.2, 0.25) is 5.91 Å². The summed E-state index contributed by atoms with van der Waals surface area (Å²) in [4.78, 5) is 18.3. The number of amidine groups is 1. The summed E-state index contributed by atoms with van der Waals surface area (Å²) in [6, 6.07) is 29.3. The maximum Gasteiger partial charge on any atom is 0.227 e. The molecular weight excluding hydrogens is 518 g/mol. The van der Waals surface area contributed by atoms with E-state index in [-0.39, 0.29) is 29.9 Å². The first kappa shape index (κ1) is 29.5. The number of nitrogens with two attached hydrogens (primary N) is 2. The molecule has 0 aromatic heterocycles. The Morgan fingerprint density at radius 1 is 0.929 bits per heavy atom. The number of carbonyl (C=O) groups excluding carboxylic acids is 1. The quantitative estimate of drug-likeness (QED) is 0.198. The average Bonchev–Trinajstić information content (AvgIpc) is 2.96. The standard InChI is InChI=1S/C36H43N5O/c1-24-8-12-31(25(2)16-24)20-33(37)22-40-21-26(3)41(23-34(40)18-27-9-14-30(15-10-27)36(38)39)35(42)19-28-11-13-29-6-4-5-7-32(29)17-28/h4-17,26,33-34H,18-23,37H2,1-3H3,(H3,38,39)/t26-,33-,34+/m1/s1. The highest BCUT2D eigenvalue weighted by Gasteiger charge is 2.35. The van der Waals surface area contributed by atoms with Crippen LogP contribution in [0.3, 0.4) is 0 Å². The lowest BCUT2D eigenvalue weighted by Crippen LogP contribution is -2.61. The van der Waals surface area contributed by atoms with Crippen LogP contribution in [0, 0.1) is 19.3 Å². The highest BCUT2D eigenvalue weighted by Crippen LogP contribution is 2.23. The SMILES string of the molecule is Cc1ccc(C[C@@H](N)CN2C[C@@H](C)N(C(=O)Cc3ccc4ccccc4c3)C[C@@H]2Cc2ccc(C(=N)N)cc2)c(C)c1. The minimum Gasteiger partial charge on any atom is -0.384 e. The zero-order valence-electron chi connectivity index (χ0n) is 25.0. The van der Waals surface area contributed by atoms with Gasteiger partial charge in [-0.15, -0.1) is 0 Å². The van der Waals surface area contributed by atoms with Gasteiger partial charge in [-0.3, -0.25) is 15.1 Å². The number of benzene rings is 4. The second-order valence-electron chi connectivity index (χ2n) is 12.1. The van der Waals surface area contributed by atoms with Gasteiger partial charge in [0.15, 0.2) is 0 Å². The van der Waals surface area contributed by atoms with E-state index in [0.717, 1.165) is 48.0 Å². The van der Waals surface area contributed by atoms with Crippen molar-refractivity contribution in [1.29, 1.82) is 5.41 Å². The molecule has 6 heteroatoms. The molecule has 0 unspecified atom stereocenters. The van der Waals surface area contributed by atoms with Gasteiger partial charge in [0.25, 0.3) is 0 Å². The molecule has 6 nitrogen and oxygen atoms in total. The highest BCUT2D eigenvalue weighted by molar-refractivity contribution is 5.94. The molecule has 0 saturated carbocycles. The van der Waals surface area contributed by atoms with Gasteiger partial charge in [-0.1, -0.05) is 90.5 Å². The van der Waals surface area contributed by atoms with E-state index in [1.807, 2.05) is 36.4 Å². The predicted octanol–water partition coefficient (Wildman–Crippen LogP) is 5.00. The molecule has 1 saturated heterocycles. The van der Waals surface area contributed by atoms with Gasteiger partial charge in [-0.2, -0.15) is 0 Å². The summed E-state index contributed by atoms with van der Waals surface area (Å²) in [6.45, 7) is 8.62. The molecule has 0 spiro atoms. The van der Waals surface area contributed by atoms with Crippen LogP contribution in [0.25, 0.3) is 10.8 Å². The zero-order valence-corrected chi connectivity index (χ0v) is 25.0. The molecule has 4 aromatic rings. The van der Waals surface area contributed by atoms with Gasteiger partial charge in [-0.25, -0.2) is 0 Å². The van der Waals surface area contributed by atoms with Crippen molar-refractivity contribution in [3.05, 3.63) is 118 Å². The van der Waals surface area contributed by atoms with Gasteiger partial charge in [0, 0.05) is 43.3 Å². The number of fused-ring (bicyclic) bond motifs is 1. The molecule has 42 heavy (non-hydrogen) atoms. The normalized spacial score (nSPS) is 18.2. The summed E-state index contributed by atoms with van der Waals surface area (Å²) < 4.78 is 0. The summed E-state index contributed by atoms with van der Waals surface area (Å²) in [6.07, 6.45) is 2.00. The number of hydrogen-bond donors (Lipinski definition) is 3. The first-order valence-corrected chi connectivity index (χ1v) is 14.9. The van der Waals surface area contributed by atoms with Crippen molar-refractivity contribution in [2.24, 2.45) is 11.5 Å². The van der Waals surface area contributed by atoms with Crippen LogP contribution >= 0.6 is 0 Å². The zero-order chi connectivity index (χ0) is 29.8. The van der Waals surface area contributed by atoms with E-state index in [1.54, 1.807) is 0 Å². The predicted molar refractivity (Wildman–Crippen MR) is 173 cm³/mol. The van der Waals surface area contributed by atoms with E-state index in [2.05, 4.69) is 79.1 Å². The molecule has 5 rings (SSSR count). The molecule has 5 N–H and O–H groups in total. The van der Waals surface area contributed by atoms with Crippen molar-refractivity contribution < 1.29 is 4.79 Å². The fourth-order valence-corrected chi connectivity index (χ4v) is 6.31. The first-order valence-electron chi connectivity index (χ1n) is 14.9. The number of nitrogen functional groups attached to an aromatic ring is 1. The van der Waals surface area contributed by atoms with Crippen LogP contribution in [0.1, 0.15) is 40.3 Å². The molecule has 1 fully saturated rings. The number of carbonyl (C=O) groups is 1. The minimum atomic E-state index is -0.0129. The lowest BCUT2D eigenvalue weighted by Gasteiger charge is -2.46. The fourth-order valence-electron chi connectivity index (χ4n) is 6.31. The maximum absolute atomic E-state index is 13.7. The molecule has 0 radical (unpaired) electrons. The third-order valence-corrected chi connectivity index (χ3v) is 8.63. The van der Waals surface area contributed by atoms with E-state index < -0.39 is 0 Å². The van der Waals surface area contributed by atoms with Gasteiger partial charge < -0.3 is 16.4 Å². The molecule has 0 bridgehead atoms. The Morgan fingerprint density at radius 3 is 2.36 bits per heavy atom. The van der Waals surface area contributed by atoms with Crippen LogP contribution in [-0.2, 0) is 24.1 Å². The Morgan fingerprint density at radius 2 is 1.64 bits per heavy atom. The highest BCUT2D eigenvalue weighted by atomic mass is 16.2. The van der Waals surface area contributed by atoms with Crippen LogP contribution in [0.2, 0.25) is 0 Å². The molecule has 1 amide bonds. The molecule has 218 valence electrons. The molecule has 1 heterocycles. The van der Waals surface area contributed by atoms with Gasteiger partial charge in [-0.05, 0) is 66.6 Å². The largest absolute Gasteiger partial charge is 0.384 e. The van der Waals surface area contributed by atoms with Crippen molar-refractivity contribution in [3.8, 4) is 0 Å². The third kappa shape index (κ3) is 7.07. The van der Waals surface area contributed by atoms with E-state index >= 15 is 0 Å². The van der Waals surface area contributed by atoms with Gasteiger partial charge in [0.1, 0.15) is 5.84 Å². The summed E-state index contributed by atoms with van der Waals surface area (Å²) >= 11 is 0. The van der Waals surface area contributed by atoms with Crippen molar-refractivity contribution in [2.75, 3.05) is 19.6 Å². The lowest BCUT2D eigenvalue weighted by atomic mass is 9.95. The number of nitrogens with one attached hydrogen (secondary N) is 1. The summed E-state index contributed by atoms with van der Waals surface area (Å²) in [5.74, 6) is 0.228. The Bertz CT molecular complexity index is 1560. The molecule has 1 aliphatic rings. The smallest absolute Gasteiger partial charge is 0.227 e. The number of aryl methyl sites for hydroxylation is 2. The van der Waals surface area contributed by atoms with Crippen LogP contribution < -0.4 is 11.5 Å². The minimum absolute atomic E-state index is 0.0129. The molecule has 0 aliphatic carbocycles. The van der Waals surface area contributed by atoms with Crippen molar-refractivity contribution in [1.82, 2.24) is 9.80 Å². The summed E-state index contributed by atoms with van der Waals surface area (Å²) in [5, 5.41) is 10.1. The molecule has 3 atom stereocenters. The van der Waals surface area contributed by atoms with Crippen molar-refractivity contribution >= 4 is 22.5 Å². The van der Waals surface area contributed by atoms with Crippen molar-refractivity contribution in [2.45, 2.75) is 58.2 Å². The fraction of sp³-hybridized carbons (Fsp3) is 0.333. The van der Waals surface area contributed by atoms with E-state index in [9.17, 15) is 4.79 Å². The topological polar surface area (TPSA) is 99.4 Å². The van der Waals surface area contributed by atoms with Crippen LogP contribution in [-0.4, -0.2) is 59.3 Å². The molecule has 1 aliphatic heterocycles. The summed E-state index contributed by atoms with van der Waals surface area (Å²) in [7, 11) is 0. The Labute approximate surface area is 249 Å². The second kappa shape index (κ2) is 12.9. The van der Waals surface area contributed by atoms with Crippen LogP contribution in [0.15, 0.2) is 84.9 Å². The van der Waals surface area contributed by atoms with Crippen LogP contribution in [0.5, 0.6) is 0 Å². The second-order valence-corrected chi connectivity index (χ2v) is 12.1. The van der Waals surface area contributed by atoms with E-state index in [0.29, 0.717) is 13.0 Å². The van der Waals surface area contributed by atoms with Crippen LogP contribution in [0.4, 0.5) is 0 Å². The maximum atomic E-state index is 13.7. The monoisotopic (exact) mass is 561 g/mol. The first-order chi connectivity index (χ1) is 20.2. The Hall–Kier alpha value is -4.00. The third-order valence-electron chi connectivity index (χ3n) is 8.63. The molecule has 4 aromatic carbocycles. The van der Waals surface area contributed by atoms with E-state index in [4.69, 9.17) is 16.9 Å². The lowest BCUT2D eigenvalue weighted by molar-refractivity contribution is -0.136. The number of rotatable bonds is 9.